The zero-order valence-electron chi connectivity index (χ0n) is 19.2. The standard InChI is InChI=1S/C27H29N3O2S/c1-20-7-9-23(10-8-20)18-30-19-28-17-26(30)13-14-29-33(31,32)27-12-11-25(16-22(27)3)24-6-4-5-21(2)15-24/h4-12,15-17,19,29H,13-14,18H2,1-3H3. The average molecular weight is 460 g/mol. The predicted octanol–water partition coefficient (Wildman–Crippen LogP) is 5.04. The van der Waals surface area contributed by atoms with Crippen LogP contribution in [0.2, 0.25) is 0 Å². The molecule has 0 aliphatic carbocycles. The van der Waals surface area contributed by atoms with Crippen molar-refractivity contribution in [3.05, 3.63) is 107 Å². The van der Waals surface area contributed by atoms with Crippen LogP contribution in [-0.2, 0) is 23.0 Å². The van der Waals surface area contributed by atoms with E-state index in [0.29, 0.717) is 24.4 Å². The molecule has 0 unspecified atom stereocenters. The highest BCUT2D eigenvalue weighted by atomic mass is 32.2. The second-order valence-electron chi connectivity index (χ2n) is 8.50. The highest BCUT2D eigenvalue weighted by Crippen LogP contribution is 2.25. The molecular weight excluding hydrogens is 430 g/mol. The van der Waals surface area contributed by atoms with Crippen LogP contribution in [-0.4, -0.2) is 24.5 Å². The SMILES string of the molecule is Cc1ccc(Cn2cncc2CCNS(=O)(=O)c2ccc(-c3cccc(C)c3)cc2C)cc1. The molecule has 0 radical (unpaired) electrons. The van der Waals surface area contributed by atoms with Crippen molar-refractivity contribution in [2.45, 2.75) is 38.6 Å². The maximum Gasteiger partial charge on any atom is 0.240 e. The fraction of sp³-hybridized carbons (Fsp3) is 0.222. The molecule has 0 aliphatic rings. The fourth-order valence-electron chi connectivity index (χ4n) is 3.94. The van der Waals surface area contributed by atoms with Crippen LogP contribution in [0, 0.1) is 20.8 Å². The molecule has 0 spiro atoms. The summed E-state index contributed by atoms with van der Waals surface area (Å²) in [6, 6.07) is 22.1. The zero-order chi connectivity index (χ0) is 23.4. The van der Waals surface area contributed by atoms with Crippen LogP contribution in [0.5, 0.6) is 0 Å². The lowest BCUT2D eigenvalue weighted by Gasteiger charge is -2.12. The first-order valence-electron chi connectivity index (χ1n) is 11.0. The summed E-state index contributed by atoms with van der Waals surface area (Å²) in [7, 11) is -3.61. The summed E-state index contributed by atoms with van der Waals surface area (Å²) < 4.78 is 30.7. The summed E-state index contributed by atoms with van der Waals surface area (Å²) in [5, 5.41) is 0. The molecule has 3 aromatic carbocycles. The van der Waals surface area contributed by atoms with E-state index in [9.17, 15) is 8.42 Å². The van der Waals surface area contributed by atoms with Crippen molar-refractivity contribution in [1.82, 2.24) is 14.3 Å². The molecule has 0 bridgehead atoms. The number of nitrogens with one attached hydrogen (secondary N) is 1. The Labute approximate surface area is 196 Å². The predicted molar refractivity (Wildman–Crippen MR) is 133 cm³/mol. The topological polar surface area (TPSA) is 64.0 Å². The largest absolute Gasteiger partial charge is 0.330 e. The van der Waals surface area contributed by atoms with E-state index >= 15 is 0 Å². The number of hydrogen-bond acceptors (Lipinski definition) is 3. The summed E-state index contributed by atoms with van der Waals surface area (Å²) in [6.07, 6.45) is 4.15. The van der Waals surface area contributed by atoms with E-state index in [1.165, 1.54) is 16.7 Å². The van der Waals surface area contributed by atoms with Crippen LogP contribution in [0.1, 0.15) is 27.9 Å². The van der Waals surface area contributed by atoms with Gasteiger partial charge in [0.25, 0.3) is 0 Å². The van der Waals surface area contributed by atoms with Gasteiger partial charge in [0.2, 0.25) is 10.0 Å². The van der Waals surface area contributed by atoms with Crippen molar-refractivity contribution in [2.24, 2.45) is 0 Å². The molecule has 6 heteroatoms. The highest BCUT2D eigenvalue weighted by molar-refractivity contribution is 7.89. The van der Waals surface area contributed by atoms with Crippen molar-refractivity contribution < 1.29 is 8.42 Å². The maximum atomic E-state index is 13.0. The number of imidazole rings is 1. The van der Waals surface area contributed by atoms with E-state index in [1.54, 1.807) is 18.6 Å². The Morgan fingerprint density at radius 1 is 0.879 bits per heavy atom. The van der Waals surface area contributed by atoms with Gasteiger partial charge in [-0.15, -0.1) is 0 Å². The smallest absolute Gasteiger partial charge is 0.240 e. The Bertz CT molecular complexity index is 1360. The van der Waals surface area contributed by atoms with Gasteiger partial charge in [0.05, 0.1) is 11.2 Å². The van der Waals surface area contributed by atoms with Gasteiger partial charge in [0, 0.05) is 31.4 Å². The van der Waals surface area contributed by atoms with Gasteiger partial charge in [-0.2, -0.15) is 0 Å². The molecule has 1 N–H and O–H groups in total. The maximum absolute atomic E-state index is 13.0. The van der Waals surface area contributed by atoms with Gasteiger partial charge in [0.15, 0.2) is 0 Å². The van der Waals surface area contributed by atoms with E-state index in [1.807, 2.05) is 44.2 Å². The van der Waals surface area contributed by atoms with E-state index < -0.39 is 10.0 Å². The van der Waals surface area contributed by atoms with Gasteiger partial charge in [-0.05, 0) is 49.1 Å². The third kappa shape index (κ3) is 5.59. The number of aromatic nitrogens is 2. The van der Waals surface area contributed by atoms with E-state index in [0.717, 1.165) is 22.4 Å². The van der Waals surface area contributed by atoms with E-state index in [-0.39, 0.29) is 0 Å². The average Bonchev–Trinajstić information content (AvgIpc) is 3.22. The molecule has 0 saturated carbocycles. The Balaban J connectivity index is 1.42. The van der Waals surface area contributed by atoms with Crippen LogP contribution in [0.4, 0.5) is 0 Å². The summed E-state index contributed by atoms with van der Waals surface area (Å²) in [5.41, 5.74) is 7.39. The molecule has 1 aromatic heterocycles. The number of hydrogen-bond donors (Lipinski definition) is 1. The molecule has 5 nitrogen and oxygen atoms in total. The van der Waals surface area contributed by atoms with Gasteiger partial charge in [-0.1, -0.05) is 71.8 Å². The van der Waals surface area contributed by atoms with Gasteiger partial charge in [-0.25, -0.2) is 18.1 Å². The van der Waals surface area contributed by atoms with Crippen LogP contribution in [0.3, 0.4) is 0 Å². The summed E-state index contributed by atoms with van der Waals surface area (Å²) in [6.45, 7) is 6.97. The molecule has 0 amide bonds. The third-order valence-corrected chi connectivity index (χ3v) is 7.38. The summed E-state index contributed by atoms with van der Waals surface area (Å²) in [5.74, 6) is 0. The van der Waals surface area contributed by atoms with Crippen molar-refractivity contribution in [2.75, 3.05) is 6.54 Å². The second kappa shape index (κ2) is 9.73. The van der Waals surface area contributed by atoms with Crippen molar-refractivity contribution in [3.63, 3.8) is 0 Å². The molecule has 0 saturated heterocycles. The Morgan fingerprint density at radius 2 is 1.64 bits per heavy atom. The minimum absolute atomic E-state index is 0.307. The number of benzene rings is 3. The summed E-state index contributed by atoms with van der Waals surface area (Å²) >= 11 is 0. The quantitative estimate of drug-likeness (QED) is 0.401. The highest BCUT2D eigenvalue weighted by Gasteiger charge is 2.17. The Morgan fingerprint density at radius 3 is 2.36 bits per heavy atom. The number of rotatable bonds is 8. The molecule has 4 aromatic rings. The Hall–Kier alpha value is -3.22. The number of sulfonamides is 1. The molecule has 0 fully saturated rings. The van der Waals surface area contributed by atoms with Crippen LogP contribution < -0.4 is 4.72 Å². The second-order valence-corrected chi connectivity index (χ2v) is 10.2. The van der Waals surface area contributed by atoms with Gasteiger partial charge >= 0.3 is 0 Å². The molecule has 0 aliphatic heterocycles. The van der Waals surface area contributed by atoms with Crippen LogP contribution in [0.15, 0.2) is 84.1 Å². The normalized spacial score (nSPS) is 11.6. The lowest BCUT2D eigenvalue weighted by atomic mass is 10.0. The monoisotopic (exact) mass is 459 g/mol. The van der Waals surface area contributed by atoms with Gasteiger partial charge in [0.1, 0.15) is 0 Å². The zero-order valence-corrected chi connectivity index (χ0v) is 20.1. The van der Waals surface area contributed by atoms with Crippen molar-refractivity contribution in [1.29, 1.82) is 0 Å². The van der Waals surface area contributed by atoms with Crippen molar-refractivity contribution in [3.8, 4) is 11.1 Å². The number of nitrogens with zero attached hydrogens (tertiary/aromatic N) is 2. The molecule has 4 rings (SSSR count). The first kappa shape index (κ1) is 23.0. The lowest BCUT2D eigenvalue weighted by molar-refractivity contribution is 0.579. The first-order valence-corrected chi connectivity index (χ1v) is 12.5. The molecule has 170 valence electrons. The van der Waals surface area contributed by atoms with Gasteiger partial charge in [-0.3, -0.25) is 0 Å². The summed E-state index contributed by atoms with van der Waals surface area (Å²) in [4.78, 5) is 4.57. The third-order valence-electron chi connectivity index (χ3n) is 5.76. The van der Waals surface area contributed by atoms with E-state index in [2.05, 4.69) is 51.5 Å². The minimum Gasteiger partial charge on any atom is -0.330 e. The fourth-order valence-corrected chi connectivity index (χ4v) is 5.19. The molecule has 0 atom stereocenters. The lowest BCUT2D eigenvalue weighted by Crippen LogP contribution is -2.27. The van der Waals surface area contributed by atoms with Crippen LogP contribution >= 0.6 is 0 Å². The minimum atomic E-state index is -3.61. The Kier molecular flexibility index (Phi) is 6.77. The van der Waals surface area contributed by atoms with Crippen LogP contribution in [0.25, 0.3) is 11.1 Å². The first-order chi connectivity index (χ1) is 15.8. The molecule has 1 heterocycles. The molecule has 33 heavy (non-hydrogen) atoms. The van der Waals surface area contributed by atoms with E-state index in [4.69, 9.17) is 0 Å². The number of aryl methyl sites for hydroxylation is 3. The van der Waals surface area contributed by atoms with Gasteiger partial charge < -0.3 is 4.57 Å². The molecular formula is C27H29N3O2S. The van der Waals surface area contributed by atoms with Crippen molar-refractivity contribution >= 4 is 10.0 Å².